The van der Waals surface area contributed by atoms with Crippen LogP contribution in [0.2, 0.25) is 0 Å². The molecule has 0 saturated carbocycles. The minimum atomic E-state index is -3.67. The van der Waals surface area contributed by atoms with Gasteiger partial charge in [0.2, 0.25) is 5.91 Å². The molecule has 8 nitrogen and oxygen atoms in total. The second kappa shape index (κ2) is 10.1. The fourth-order valence-corrected chi connectivity index (χ4v) is 4.54. The van der Waals surface area contributed by atoms with Crippen LogP contribution in [0.15, 0.2) is 42.5 Å². The van der Waals surface area contributed by atoms with Gasteiger partial charge in [0.15, 0.2) is 0 Å². The van der Waals surface area contributed by atoms with Gasteiger partial charge in [0, 0.05) is 25.2 Å². The zero-order valence-corrected chi connectivity index (χ0v) is 20.1. The Morgan fingerprint density at radius 2 is 1.71 bits per heavy atom. The number of halogens is 1. The molecule has 10 heteroatoms. The first-order chi connectivity index (χ1) is 15.8. The molecule has 1 fully saturated rings. The third-order valence-electron chi connectivity index (χ3n) is 6.45. The molecule has 2 heterocycles. The Morgan fingerprint density at radius 1 is 1.12 bits per heavy atom. The number of anilines is 1. The third-order valence-corrected chi connectivity index (χ3v) is 6.45. The van der Waals surface area contributed by atoms with E-state index in [2.05, 4.69) is 5.32 Å². The predicted octanol–water partition coefficient (Wildman–Crippen LogP) is 2.75. The van der Waals surface area contributed by atoms with Crippen molar-refractivity contribution >= 4 is 21.7 Å². The number of nitrogens with zero attached hydrogens (tertiary/aromatic N) is 1. The van der Waals surface area contributed by atoms with Crippen LogP contribution in [0.3, 0.4) is 0 Å². The van der Waals surface area contributed by atoms with Crippen LogP contribution in [0.1, 0.15) is 49.3 Å². The standard InChI is InChI=1S/C23H27FN2O3.CH4O3S/c1-2-23(29,18-6-9-20-16(15-18)3-10-21(27)25-20)26-13-11-22(28,12-14-26)17-4-7-19(24)8-5-17;1-5(2,3)4/h4-9,15,28-29H,2-3,10-14H2,1H3,(H,25,27);1H3,(H,2,3,4)/t23-;/m0./s1. The topological polar surface area (TPSA) is 127 Å². The van der Waals surface area contributed by atoms with Crippen molar-refractivity contribution in [3.63, 3.8) is 0 Å². The zero-order valence-electron chi connectivity index (χ0n) is 19.3. The van der Waals surface area contributed by atoms with E-state index in [-0.39, 0.29) is 11.7 Å². The van der Waals surface area contributed by atoms with Crippen molar-refractivity contribution in [2.24, 2.45) is 0 Å². The van der Waals surface area contributed by atoms with E-state index in [1.807, 2.05) is 30.0 Å². The number of rotatable bonds is 4. The molecule has 0 aromatic heterocycles. The molecular weight excluding hydrogens is 463 g/mol. The molecule has 0 unspecified atom stereocenters. The van der Waals surface area contributed by atoms with Crippen molar-refractivity contribution in [2.45, 2.75) is 50.4 Å². The highest BCUT2D eigenvalue weighted by Gasteiger charge is 2.42. The zero-order chi connectivity index (χ0) is 25.1. The summed E-state index contributed by atoms with van der Waals surface area (Å²) in [5.41, 5.74) is 1.21. The van der Waals surface area contributed by atoms with E-state index in [1.54, 1.807) is 12.1 Å². The van der Waals surface area contributed by atoms with Gasteiger partial charge >= 0.3 is 0 Å². The summed E-state index contributed by atoms with van der Waals surface area (Å²) in [5, 5.41) is 25.5. The van der Waals surface area contributed by atoms with Gasteiger partial charge in [-0.05, 0) is 66.6 Å². The minimum Gasteiger partial charge on any atom is -0.385 e. The molecule has 1 atom stereocenters. The lowest BCUT2D eigenvalue weighted by Crippen LogP contribution is -2.52. The van der Waals surface area contributed by atoms with Crippen LogP contribution in [0.5, 0.6) is 0 Å². The van der Waals surface area contributed by atoms with Gasteiger partial charge in [0.25, 0.3) is 10.1 Å². The molecule has 0 bridgehead atoms. The van der Waals surface area contributed by atoms with Crippen molar-refractivity contribution in [3.05, 3.63) is 65.0 Å². The molecule has 2 aromatic rings. The molecule has 1 saturated heterocycles. The summed E-state index contributed by atoms with van der Waals surface area (Å²) in [6.45, 7) is 2.99. The van der Waals surface area contributed by atoms with E-state index in [4.69, 9.17) is 4.55 Å². The Bertz CT molecular complexity index is 1120. The number of carbonyl (C=O) groups is 1. The quantitative estimate of drug-likeness (QED) is 0.481. The molecule has 4 N–H and O–H groups in total. The van der Waals surface area contributed by atoms with E-state index in [0.29, 0.717) is 57.0 Å². The highest BCUT2D eigenvalue weighted by molar-refractivity contribution is 7.85. The highest BCUT2D eigenvalue weighted by atomic mass is 32.2. The largest absolute Gasteiger partial charge is 0.385 e. The number of likely N-dealkylation sites (tertiary alicyclic amines) is 1. The first-order valence-corrected chi connectivity index (χ1v) is 13.0. The average Bonchev–Trinajstić information content (AvgIpc) is 2.78. The van der Waals surface area contributed by atoms with Crippen LogP contribution < -0.4 is 5.32 Å². The van der Waals surface area contributed by atoms with Crippen LogP contribution in [-0.2, 0) is 32.7 Å². The summed E-state index contributed by atoms with van der Waals surface area (Å²) in [4.78, 5) is 13.6. The normalized spacial score (nSPS) is 19.8. The Kier molecular flexibility index (Phi) is 7.79. The van der Waals surface area contributed by atoms with Crippen LogP contribution in [-0.4, -0.2) is 53.3 Å². The van der Waals surface area contributed by atoms with Crippen molar-refractivity contribution in [1.82, 2.24) is 4.90 Å². The number of carbonyl (C=O) groups excluding carboxylic acids is 1. The van der Waals surface area contributed by atoms with Crippen LogP contribution in [0.4, 0.5) is 10.1 Å². The van der Waals surface area contributed by atoms with E-state index in [0.717, 1.165) is 16.8 Å². The first kappa shape index (κ1) is 26.2. The number of aliphatic hydroxyl groups is 2. The summed E-state index contributed by atoms with van der Waals surface area (Å²) in [6.07, 6.45) is 3.26. The molecular formula is C24H31FN2O6S. The minimum absolute atomic E-state index is 0.0205. The van der Waals surface area contributed by atoms with Crippen molar-refractivity contribution in [1.29, 1.82) is 0 Å². The summed E-state index contributed by atoms with van der Waals surface area (Å²) in [7, 11) is -3.67. The molecule has 2 aromatic carbocycles. The maximum atomic E-state index is 13.2. The molecule has 4 rings (SSSR count). The monoisotopic (exact) mass is 494 g/mol. The maximum Gasteiger partial charge on any atom is 0.261 e. The fraction of sp³-hybridized carbons (Fsp3) is 0.458. The molecule has 2 aliphatic heterocycles. The Balaban J connectivity index is 0.000000588. The lowest BCUT2D eigenvalue weighted by molar-refractivity contribution is -0.153. The number of amides is 1. The van der Waals surface area contributed by atoms with E-state index < -0.39 is 21.4 Å². The second-order valence-corrected chi connectivity index (χ2v) is 10.3. The van der Waals surface area contributed by atoms with Gasteiger partial charge in [0.1, 0.15) is 11.5 Å². The number of piperidine rings is 1. The van der Waals surface area contributed by atoms with Crippen LogP contribution in [0, 0.1) is 5.82 Å². The van der Waals surface area contributed by atoms with Crippen molar-refractivity contribution in [2.75, 3.05) is 24.7 Å². The number of hydrogen-bond donors (Lipinski definition) is 4. The first-order valence-electron chi connectivity index (χ1n) is 11.2. The maximum absolute atomic E-state index is 13.2. The van der Waals surface area contributed by atoms with Gasteiger partial charge in [-0.2, -0.15) is 8.42 Å². The van der Waals surface area contributed by atoms with Gasteiger partial charge in [-0.3, -0.25) is 14.2 Å². The SMILES string of the molecule is CC[C@](O)(c1ccc2c(c1)CCC(=O)N2)N1CCC(O)(c2ccc(F)cc2)CC1.CS(=O)(=O)O. The number of nitrogens with one attached hydrogen (secondary N) is 1. The second-order valence-electron chi connectivity index (χ2n) is 8.85. The number of fused-ring (bicyclic) bond motifs is 1. The molecule has 0 spiro atoms. The van der Waals surface area contributed by atoms with Crippen molar-refractivity contribution < 1.29 is 32.4 Å². The molecule has 2 aliphatic rings. The molecule has 1 amide bonds. The van der Waals surface area contributed by atoms with E-state index in [1.165, 1.54) is 12.1 Å². The number of aryl methyl sites for hydroxylation is 1. The summed E-state index contributed by atoms with van der Waals surface area (Å²) < 4.78 is 39.1. The van der Waals surface area contributed by atoms with Gasteiger partial charge in [-0.15, -0.1) is 0 Å². The predicted molar refractivity (Wildman–Crippen MR) is 126 cm³/mol. The lowest BCUT2D eigenvalue weighted by atomic mass is 9.82. The smallest absolute Gasteiger partial charge is 0.261 e. The summed E-state index contributed by atoms with van der Waals surface area (Å²) in [6, 6.07) is 11.7. The van der Waals surface area contributed by atoms with E-state index in [9.17, 15) is 27.8 Å². The molecule has 34 heavy (non-hydrogen) atoms. The number of hydrogen-bond acceptors (Lipinski definition) is 6. The van der Waals surface area contributed by atoms with Gasteiger partial charge in [0.05, 0.1) is 11.9 Å². The van der Waals surface area contributed by atoms with Gasteiger partial charge in [-0.1, -0.05) is 25.1 Å². The Labute approximate surface area is 199 Å². The van der Waals surface area contributed by atoms with Crippen molar-refractivity contribution in [3.8, 4) is 0 Å². The van der Waals surface area contributed by atoms with Gasteiger partial charge in [-0.25, -0.2) is 4.39 Å². The molecule has 0 radical (unpaired) electrons. The van der Waals surface area contributed by atoms with E-state index >= 15 is 0 Å². The average molecular weight is 495 g/mol. The molecule has 0 aliphatic carbocycles. The highest BCUT2D eigenvalue weighted by Crippen LogP contribution is 2.39. The summed E-state index contributed by atoms with van der Waals surface area (Å²) >= 11 is 0. The summed E-state index contributed by atoms with van der Waals surface area (Å²) in [5.74, 6) is -0.300. The van der Waals surface area contributed by atoms with Gasteiger partial charge < -0.3 is 15.5 Å². The van der Waals surface area contributed by atoms with Crippen LogP contribution >= 0.6 is 0 Å². The Hall–Kier alpha value is -2.37. The fourth-order valence-electron chi connectivity index (χ4n) is 4.54. The lowest BCUT2D eigenvalue weighted by Gasteiger charge is -2.46. The molecule has 186 valence electrons. The third kappa shape index (κ3) is 6.19. The number of benzene rings is 2. The van der Waals surface area contributed by atoms with Crippen LogP contribution in [0.25, 0.3) is 0 Å². The Morgan fingerprint density at radius 3 is 2.26 bits per heavy atom.